The van der Waals surface area contributed by atoms with E-state index in [1.807, 2.05) is 37.3 Å². The lowest BCUT2D eigenvalue weighted by atomic mass is 9.93. The molecule has 0 aliphatic rings. The van der Waals surface area contributed by atoms with Gasteiger partial charge in [0.05, 0.1) is 12.1 Å². The van der Waals surface area contributed by atoms with Crippen LogP contribution >= 0.6 is 0 Å². The van der Waals surface area contributed by atoms with Crippen molar-refractivity contribution in [2.45, 2.75) is 25.8 Å². The Kier molecular flexibility index (Phi) is 4.23. The van der Waals surface area contributed by atoms with Gasteiger partial charge in [0, 0.05) is 5.69 Å². The molecular weight excluding hydrogens is 234 g/mol. The number of nitrogens with one attached hydrogen (secondary N) is 1. The van der Waals surface area contributed by atoms with Gasteiger partial charge in [-0.25, -0.2) is 0 Å². The van der Waals surface area contributed by atoms with Crippen LogP contribution in [0.15, 0.2) is 54.6 Å². The molecule has 2 aromatic carbocycles. The van der Waals surface area contributed by atoms with Crippen LogP contribution in [0.4, 0.5) is 5.69 Å². The Hall–Kier alpha value is -1.80. The van der Waals surface area contributed by atoms with Crippen LogP contribution in [0, 0.1) is 6.92 Å². The summed E-state index contributed by atoms with van der Waals surface area (Å²) >= 11 is 0. The molecule has 0 saturated heterocycles. The van der Waals surface area contributed by atoms with Crippen molar-refractivity contribution in [3.63, 3.8) is 0 Å². The van der Waals surface area contributed by atoms with Crippen molar-refractivity contribution in [2.24, 2.45) is 0 Å². The van der Waals surface area contributed by atoms with Gasteiger partial charge >= 0.3 is 0 Å². The van der Waals surface area contributed by atoms with E-state index >= 15 is 0 Å². The molecule has 0 aliphatic carbocycles. The maximum absolute atomic E-state index is 9.70. The zero-order valence-electron chi connectivity index (χ0n) is 11.6. The average Bonchev–Trinajstić information content (AvgIpc) is 2.42. The molecule has 2 rings (SSSR count). The molecule has 0 amide bonds. The van der Waals surface area contributed by atoms with E-state index in [2.05, 4.69) is 36.5 Å². The van der Waals surface area contributed by atoms with E-state index in [-0.39, 0.29) is 12.1 Å². The van der Waals surface area contributed by atoms with Crippen LogP contribution in [-0.2, 0) is 6.42 Å². The number of benzene rings is 2. The summed E-state index contributed by atoms with van der Waals surface area (Å²) in [5.74, 6) is 0. The van der Waals surface area contributed by atoms with Gasteiger partial charge in [0.1, 0.15) is 0 Å². The van der Waals surface area contributed by atoms with Gasteiger partial charge in [-0.15, -0.1) is 0 Å². The van der Waals surface area contributed by atoms with Crippen LogP contribution < -0.4 is 5.32 Å². The summed E-state index contributed by atoms with van der Waals surface area (Å²) in [6.45, 7) is 4.20. The van der Waals surface area contributed by atoms with Crippen LogP contribution in [0.1, 0.15) is 18.1 Å². The van der Waals surface area contributed by atoms with E-state index in [1.54, 1.807) is 0 Å². The third kappa shape index (κ3) is 3.83. The Balaban J connectivity index is 2.11. The van der Waals surface area contributed by atoms with Crippen LogP contribution in [0.5, 0.6) is 0 Å². The fraction of sp³-hybridized carbons (Fsp3) is 0.294. The summed E-state index contributed by atoms with van der Waals surface area (Å²) in [4.78, 5) is 0. The molecule has 0 heterocycles. The number of rotatable bonds is 5. The lowest BCUT2D eigenvalue weighted by Crippen LogP contribution is -2.41. The molecule has 2 heteroatoms. The molecule has 0 bridgehead atoms. The van der Waals surface area contributed by atoms with Crippen molar-refractivity contribution >= 4 is 5.69 Å². The normalized spacial score (nSPS) is 13.8. The van der Waals surface area contributed by atoms with Gasteiger partial charge in [0.2, 0.25) is 0 Å². The molecule has 1 atom stereocenters. The summed E-state index contributed by atoms with van der Waals surface area (Å²) < 4.78 is 0. The summed E-state index contributed by atoms with van der Waals surface area (Å²) in [5, 5.41) is 13.1. The topological polar surface area (TPSA) is 32.3 Å². The van der Waals surface area contributed by atoms with Crippen LogP contribution in [0.25, 0.3) is 0 Å². The lowest BCUT2D eigenvalue weighted by Gasteiger charge is -2.30. The highest BCUT2D eigenvalue weighted by Crippen LogP contribution is 2.20. The minimum absolute atomic E-state index is 0.0930. The monoisotopic (exact) mass is 255 g/mol. The van der Waals surface area contributed by atoms with E-state index in [9.17, 15) is 5.11 Å². The quantitative estimate of drug-likeness (QED) is 0.858. The van der Waals surface area contributed by atoms with Gasteiger partial charge < -0.3 is 10.4 Å². The zero-order valence-corrected chi connectivity index (χ0v) is 11.6. The van der Waals surface area contributed by atoms with Crippen molar-refractivity contribution in [3.05, 3.63) is 65.7 Å². The van der Waals surface area contributed by atoms with E-state index in [4.69, 9.17) is 0 Å². The van der Waals surface area contributed by atoms with Crippen molar-refractivity contribution in [2.75, 3.05) is 11.9 Å². The largest absolute Gasteiger partial charge is 0.394 e. The molecule has 2 N–H and O–H groups in total. The van der Waals surface area contributed by atoms with Gasteiger partial charge in [-0.05, 0) is 38.0 Å². The number of anilines is 1. The van der Waals surface area contributed by atoms with Crippen molar-refractivity contribution < 1.29 is 5.11 Å². The Labute approximate surface area is 115 Å². The van der Waals surface area contributed by atoms with Gasteiger partial charge in [-0.1, -0.05) is 48.0 Å². The predicted molar refractivity (Wildman–Crippen MR) is 80.4 cm³/mol. The van der Waals surface area contributed by atoms with Crippen molar-refractivity contribution in [1.29, 1.82) is 0 Å². The van der Waals surface area contributed by atoms with E-state index < -0.39 is 0 Å². The van der Waals surface area contributed by atoms with Crippen molar-refractivity contribution in [3.8, 4) is 0 Å². The second kappa shape index (κ2) is 5.89. The Morgan fingerprint density at radius 2 is 1.63 bits per heavy atom. The number of aliphatic hydroxyl groups is 1. The molecule has 0 radical (unpaired) electrons. The molecule has 0 spiro atoms. The average molecular weight is 255 g/mol. The summed E-state index contributed by atoms with van der Waals surface area (Å²) in [6.07, 6.45) is 0.790. The minimum Gasteiger partial charge on any atom is -0.394 e. The highest BCUT2D eigenvalue weighted by molar-refractivity contribution is 5.47. The fourth-order valence-electron chi connectivity index (χ4n) is 2.17. The molecule has 2 aromatic rings. The molecule has 1 unspecified atom stereocenters. The van der Waals surface area contributed by atoms with E-state index in [0.717, 1.165) is 12.1 Å². The molecular formula is C17H21NO. The molecule has 100 valence electrons. The van der Waals surface area contributed by atoms with Gasteiger partial charge in [0.25, 0.3) is 0 Å². The molecule has 0 aliphatic heterocycles. The maximum Gasteiger partial charge on any atom is 0.0662 e. The first-order valence-electron chi connectivity index (χ1n) is 6.61. The summed E-state index contributed by atoms with van der Waals surface area (Å²) in [6, 6.07) is 18.5. The fourth-order valence-corrected chi connectivity index (χ4v) is 2.17. The second-order valence-electron chi connectivity index (χ2n) is 5.37. The molecule has 0 fully saturated rings. The van der Waals surface area contributed by atoms with Crippen LogP contribution in [0.2, 0.25) is 0 Å². The lowest BCUT2D eigenvalue weighted by molar-refractivity contribution is 0.222. The zero-order chi connectivity index (χ0) is 13.7. The summed E-state index contributed by atoms with van der Waals surface area (Å²) in [5.41, 5.74) is 3.15. The van der Waals surface area contributed by atoms with E-state index in [0.29, 0.717) is 0 Å². The Morgan fingerprint density at radius 1 is 1.00 bits per heavy atom. The molecule has 2 nitrogen and oxygen atoms in total. The number of hydrogen-bond donors (Lipinski definition) is 2. The third-order valence-electron chi connectivity index (χ3n) is 3.28. The molecule has 0 aromatic heterocycles. The number of hydrogen-bond acceptors (Lipinski definition) is 2. The smallest absolute Gasteiger partial charge is 0.0662 e. The first-order valence-corrected chi connectivity index (χ1v) is 6.61. The minimum atomic E-state index is -0.351. The van der Waals surface area contributed by atoms with Crippen molar-refractivity contribution in [1.82, 2.24) is 0 Å². The maximum atomic E-state index is 9.70. The van der Waals surface area contributed by atoms with Gasteiger partial charge in [-0.2, -0.15) is 0 Å². The Bertz CT molecular complexity index is 507. The van der Waals surface area contributed by atoms with Gasteiger partial charge in [-0.3, -0.25) is 0 Å². The Morgan fingerprint density at radius 3 is 2.21 bits per heavy atom. The van der Waals surface area contributed by atoms with Gasteiger partial charge in [0.15, 0.2) is 0 Å². The highest BCUT2D eigenvalue weighted by Gasteiger charge is 2.23. The number of aryl methyl sites for hydroxylation is 1. The number of aliphatic hydroxyl groups excluding tert-OH is 1. The van der Waals surface area contributed by atoms with Crippen LogP contribution in [-0.4, -0.2) is 17.3 Å². The highest BCUT2D eigenvalue weighted by atomic mass is 16.3. The first-order chi connectivity index (χ1) is 9.11. The SMILES string of the molecule is Cc1ccc(NC(C)(CO)Cc2ccccc2)cc1. The third-order valence-corrected chi connectivity index (χ3v) is 3.28. The standard InChI is InChI=1S/C17H21NO/c1-14-8-10-16(11-9-14)18-17(2,13-19)12-15-6-4-3-5-7-15/h3-11,18-19H,12-13H2,1-2H3. The molecule has 19 heavy (non-hydrogen) atoms. The first kappa shape index (κ1) is 13.6. The summed E-state index contributed by atoms with van der Waals surface area (Å²) in [7, 11) is 0. The molecule has 0 saturated carbocycles. The van der Waals surface area contributed by atoms with Crippen LogP contribution in [0.3, 0.4) is 0 Å². The van der Waals surface area contributed by atoms with E-state index in [1.165, 1.54) is 11.1 Å². The second-order valence-corrected chi connectivity index (χ2v) is 5.37. The predicted octanol–water partition coefficient (Wildman–Crippen LogP) is 3.40.